The molecular formula is C18H19BrClF2N7O. The van der Waals surface area contributed by atoms with Crippen LogP contribution in [0.5, 0.6) is 0 Å². The topological polar surface area (TPSA) is 106 Å². The third-order valence-corrected chi connectivity index (χ3v) is 4.41. The van der Waals surface area contributed by atoms with E-state index in [9.17, 15) is 13.6 Å². The van der Waals surface area contributed by atoms with Crippen LogP contribution in [0.2, 0.25) is 5.02 Å². The maximum Gasteiger partial charge on any atom is 0.241 e. The summed E-state index contributed by atoms with van der Waals surface area (Å²) in [7, 11) is 3.27. The molecule has 0 aliphatic carbocycles. The lowest BCUT2D eigenvalue weighted by Crippen LogP contribution is -2.31. The molecule has 4 N–H and O–H groups in total. The van der Waals surface area contributed by atoms with E-state index in [2.05, 4.69) is 41.8 Å². The van der Waals surface area contributed by atoms with Gasteiger partial charge in [-0.25, -0.2) is 13.8 Å². The Hall–Kier alpha value is -2.79. The largest absolute Gasteiger partial charge is 0.380 e. The normalized spacial score (nSPS) is 11.1. The molecule has 8 nitrogen and oxygen atoms in total. The number of nitrogens with one attached hydrogen (secondary N) is 4. The second-order valence-electron chi connectivity index (χ2n) is 6.14. The van der Waals surface area contributed by atoms with Gasteiger partial charge in [0, 0.05) is 43.1 Å². The van der Waals surface area contributed by atoms with Crippen molar-refractivity contribution >= 4 is 51.4 Å². The van der Waals surface area contributed by atoms with Crippen molar-refractivity contribution in [1.29, 1.82) is 5.41 Å². The molecule has 0 aliphatic rings. The van der Waals surface area contributed by atoms with E-state index in [0.717, 1.165) is 12.3 Å². The molecule has 1 heterocycles. The molecule has 1 amide bonds. The van der Waals surface area contributed by atoms with Gasteiger partial charge in [0.15, 0.2) is 17.5 Å². The summed E-state index contributed by atoms with van der Waals surface area (Å²) in [6, 6.07) is 2.47. The van der Waals surface area contributed by atoms with Gasteiger partial charge in [-0.05, 0) is 12.1 Å². The van der Waals surface area contributed by atoms with Gasteiger partial charge < -0.3 is 26.3 Å². The molecule has 1 aromatic heterocycles. The van der Waals surface area contributed by atoms with Gasteiger partial charge in [0.1, 0.15) is 5.02 Å². The number of hydrogen-bond donors (Lipinski definition) is 4. The van der Waals surface area contributed by atoms with Gasteiger partial charge in [-0.2, -0.15) is 4.98 Å². The van der Waals surface area contributed by atoms with E-state index in [1.807, 2.05) is 0 Å². The number of benzene rings is 1. The predicted octanol–water partition coefficient (Wildman–Crippen LogP) is 3.36. The van der Waals surface area contributed by atoms with Crippen molar-refractivity contribution < 1.29 is 13.6 Å². The number of carbonyl (C=O) groups excluding carboxylic acids is 1. The van der Waals surface area contributed by atoms with Crippen molar-refractivity contribution in [3.63, 3.8) is 0 Å². The number of rotatable bonds is 9. The number of carbonyl (C=O) groups is 1. The maximum atomic E-state index is 13.9. The van der Waals surface area contributed by atoms with E-state index in [-0.39, 0.29) is 47.0 Å². The Morgan fingerprint density at radius 2 is 2.10 bits per heavy atom. The first-order valence-corrected chi connectivity index (χ1v) is 9.69. The molecule has 160 valence electrons. The molecule has 30 heavy (non-hydrogen) atoms. The number of halogens is 4. The number of allylic oxidation sites excluding steroid dienone is 1. The van der Waals surface area contributed by atoms with Crippen molar-refractivity contribution in [3.05, 3.63) is 56.9 Å². The quantitative estimate of drug-likeness (QED) is 0.310. The summed E-state index contributed by atoms with van der Waals surface area (Å²) in [6.45, 7) is -0.0190. The van der Waals surface area contributed by atoms with Crippen LogP contribution in [-0.4, -0.2) is 47.6 Å². The Morgan fingerprint density at radius 3 is 2.77 bits per heavy atom. The van der Waals surface area contributed by atoms with Gasteiger partial charge in [0.2, 0.25) is 11.9 Å². The number of nitrogens with zero attached hydrogens (tertiary/aromatic N) is 3. The molecule has 0 unspecified atom stereocenters. The molecule has 12 heteroatoms. The van der Waals surface area contributed by atoms with Crippen LogP contribution < -0.4 is 16.0 Å². The van der Waals surface area contributed by atoms with Crippen LogP contribution in [0.4, 0.5) is 20.5 Å². The van der Waals surface area contributed by atoms with Crippen molar-refractivity contribution in [3.8, 4) is 0 Å². The predicted molar refractivity (Wildman–Crippen MR) is 116 cm³/mol. The van der Waals surface area contributed by atoms with E-state index in [1.165, 1.54) is 23.4 Å². The Kier molecular flexibility index (Phi) is 8.48. The van der Waals surface area contributed by atoms with Crippen molar-refractivity contribution in [2.75, 3.05) is 31.3 Å². The van der Waals surface area contributed by atoms with E-state index in [0.29, 0.717) is 4.47 Å². The molecule has 1 aromatic carbocycles. The molecular weight excluding hydrogens is 484 g/mol. The molecule has 0 saturated heterocycles. The summed E-state index contributed by atoms with van der Waals surface area (Å²) in [6.07, 6.45) is 3.76. The fourth-order valence-electron chi connectivity index (χ4n) is 2.12. The third-order valence-electron chi connectivity index (χ3n) is 3.68. The summed E-state index contributed by atoms with van der Waals surface area (Å²) >= 11 is 9.20. The van der Waals surface area contributed by atoms with Gasteiger partial charge in [-0.3, -0.25) is 4.79 Å². The Labute approximate surface area is 185 Å². The lowest BCUT2D eigenvalue weighted by molar-refractivity contribution is -0.127. The molecule has 0 spiro atoms. The highest BCUT2D eigenvalue weighted by Crippen LogP contribution is 2.23. The Balaban J connectivity index is 2.09. The van der Waals surface area contributed by atoms with E-state index < -0.39 is 11.6 Å². The lowest BCUT2D eigenvalue weighted by atomic mass is 10.2. The Morgan fingerprint density at radius 1 is 1.37 bits per heavy atom. The minimum atomic E-state index is -0.974. The van der Waals surface area contributed by atoms with Crippen molar-refractivity contribution in [2.45, 2.75) is 6.54 Å². The van der Waals surface area contributed by atoms with Crippen LogP contribution in [-0.2, 0) is 11.3 Å². The monoisotopic (exact) mass is 501 g/mol. The molecule has 0 aliphatic heterocycles. The van der Waals surface area contributed by atoms with Crippen molar-refractivity contribution in [1.82, 2.24) is 20.2 Å². The smallest absolute Gasteiger partial charge is 0.241 e. The Bertz CT molecular complexity index is 972. The standard InChI is InChI=1S/C18H19BrClF2N7O/c1-29(2)15(30)9-24-7-12(5-23)27-18-26-8-13(20)17(28-18)25-6-10-3-11(19)4-14(21)16(10)22/h3-5,7-8,23-24H,6,9H2,1-2H3,(H2,25,26,27,28)/b12-7+,23-5?. The van der Waals surface area contributed by atoms with Gasteiger partial charge in [-0.15, -0.1) is 0 Å². The summed E-state index contributed by atoms with van der Waals surface area (Å²) in [5.41, 5.74) is 0.371. The fourth-order valence-corrected chi connectivity index (χ4v) is 2.75. The van der Waals surface area contributed by atoms with Crippen LogP contribution in [0, 0.1) is 17.0 Å². The highest BCUT2D eigenvalue weighted by atomic mass is 79.9. The van der Waals surface area contributed by atoms with Crippen LogP contribution in [0.3, 0.4) is 0 Å². The number of hydrogen-bond acceptors (Lipinski definition) is 7. The van der Waals surface area contributed by atoms with Crippen LogP contribution in [0.25, 0.3) is 0 Å². The SMILES string of the molecule is CN(C)C(=O)CN/C=C(\C=N)Nc1ncc(Cl)c(NCc2cc(Br)cc(F)c2F)n1. The highest BCUT2D eigenvalue weighted by molar-refractivity contribution is 9.10. The molecule has 2 aromatic rings. The van der Waals surface area contributed by atoms with Crippen LogP contribution in [0.15, 0.2) is 34.7 Å². The molecule has 0 fully saturated rings. The summed E-state index contributed by atoms with van der Waals surface area (Å²) in [5.74, 6) is -1.78. The van der Waals surface area contributed by atoms with Gasteiger partial charge >= 0.3 is 0 Å². The minimum absolute atomic E-state index is 0.0507. The average molecular weight is 503 g/mol. The first-order chi connectivity index (χ1) is 14.2. The molecule has 0 radical (unpaired) electrons. The number of amides is 1. The van der Waals surface area contributed by atoms with E-state index >= 15 is 0 Å². The molecule has 0 saturated carbocycles. The number of aromatic nitrogens is 2. The second-order valence-corrected chi connectivity index (χ2v) is 7.47. The van der Waals surface area contributed by atoms with Crippen LogP contribution in [0.1, 0.15) is 5.56 Å². The van der Waals surface area contributed by atoms with E-state index in [4.69, 9.17) is 17.0 Å². The number of likely N-dealkylation sites (N-methyl/N-ethyl adjacent to an activating group) is 1. The summed E-state index contributed by atoms with van der Waals surface area (Å²) in [4.78, 5) is 21.2. The zero-order valence-electron chi connectivity index (χ0n) is 16.1. The zero-order valence-corrected chi connectivity index (χ0v) is 18.4. The molecule has 2 rings (SSSR count). The van der Waals surface area contributed by atoms with E-state index in [1.54, 1.807) is 14.1 Å². The minimum Gasteiger partial charge on any atom is -0.380 e. The highest BCUT2D eigenvalue weighted by Gasteiger charge is 2.12. The summed E-state index contributed by atoms with van der Waals surface area (Å²) < 4.78 is 27.9. The van der Waals surface area contributed by atoms with Gasteiger partial charge in [-0.1, -0.05) is 27.5 Å². The number of anilines is 2. The summed E-state index contributed by atoms with van der Waals surface area (Å²) in [5, 5.41) is 16.0. The fraction of sp³-hybridized carbons (Fsp3) is 0.222. The van der Waals surface area contributed by atoms with Gasteiger partial charge in [0.05, 0.1) is 18.4 Å². The molecule has 0 bridgehead atoms. The van der Waals surface area contributed by atoms with Gasteiger partial charge in [0.25, 0.3) is 0 Å². The second kappa shape index (κ2) is 10.8. The lowest BCUT2D eigenvalue weighted by Gasteiger charge is -2.12. The first-order valence-electron chi connectivity index (χ1n) is 8.52. The average Bonchev–Trinajstić information content (AvgIpc) is 2.70. The van der Waals surface area contributed by atoms with Crippen LogP contribution >= 0.6 is 27.5 Å². The van der Waals surface area contributed by atoms with Crippen molar-refractivity contribution in [2.24, 2.45) is 0 Å². The third kappa shape index (κ3) is 6.63. The first kappa shape index (κ1) is 23.5. The zero-order chi connectivity index (χ0) is 22.3. The molecule has 0 atom stereocenters. The maximum absolute atomic E-state index is 13.9.